The highest BCUT2D eigenvalue weighted by Gasteiger charge is 2.32. The predicted molar refractivity (Wildman–Crippen MR) is 108 cm³/mol. The van der Waals surface area contributed by atoms with E-state index in [1.807, 2.05) is 6.08 Å². The average molecular weight is 408 g/mol. The summed E-state index contributed by atoms with van der Waals surface area (Å²) in [6.07, 6.45) is 7.81. The second kappa shape index (κ2) is 11.3. The first kappa shape index (κ1) is 21.7. The quantitative estimate of drug-likeness (QED) is 0.365. The number of carboxylic acid groups (broad SMARTS) is 1. The van der Waals surface area contributed by atoms with Crippen molar-refractivity contribution in [3.05, 3.63) is 23.2 Å². The van der Waals surface area contributed by atoms with E-state index in [1.165, 1.54) is 28.5 Å². The highest BCUT2D eigenvalue weighted by molar-refractivity contribution is 8.01. The molecule has 0 aliphatic heterocycles. The van der Waals surface area contributed by atoms with E-state index in [2.05, 4.69) is 29.8 Å². The van der Waals surface area contributed by atoms with Crippen molar-refractivity contribution in [2.45, 2.75) is 55.9 Å². The van der Waals surface area contributed by atoms with Crippen molar-refractivity contribution in [1.82, 2.24) is 4.98 Å². The minimum atomic E-state index is -1.02. The van der Waals surface area contributed by atoms with Crippen molar-refractivity contribution in [3.63, 3.8) is 0 Å². The number of aromatic nitrogens is 1. The van der Waals surface area contributed by atoms with Crippen LogP contribution in [0.25, 0.3) is 0 Å². The molecule has 1 aromatic heterocycles. The fourth-order valence-electron chi connectivity index (χ4n) is 2.99. The van der Waals surface area contributed by atoms with Crippen LogP contribution in [0.3, 0.4) is 0 Å². The molecule has 2 N–H and O–H groups in total. The fourth-order valence-corrected chi connectivity index (χ4v) is 4.88. The molecule has 146 valence electrons. The van der Waals surface area contributed by atoms with Crippen molar-refractivity contribution < 1.29 is 19.8 Å². The van der Waals surface area contributed by atoms with E-state index in [1.54, 1.807) is 0 Å². The molecule has 3 atom stereocenters. The molecule has 0 unspecified atom stereocenters. The largest absolute Gasteiger partial charge is 0.476 e. The Hall–Kier alpha value is -1.62. The minimum Gasteiger partial charge on any atom is -0.476 e. The highest BCUT2D eigenvalue weighted by atomic mass is 32.2. The maximum atomic E-state index is 12.2. The van der Waals surface area contributed by atoms with Crippen LogP contribution in [0.15, 0.2) is 21.9 Å². The third kappa shape index (κ3) is 7.13. The highest BCUT2D eigenvalue weighted by Crippen LogP contribution is 2.34. The number of thiazole rings is 1. The van der Waals surface area contributed by atoms with Crippen LogP contribution < -0.4 is 0 Å². The zero-order valence-electron chi connectivity index (χ0n) is 15.4. The molecule has 0 aromatic carbocycles. The normalized spacial score (nSPS) is 20.6. The predicted octanol–water partition coefficient (Wildman–Crippen LogP) is 4.03. The first-order valence-electron chi connectivity index (χ1n) is 9.18. The third-order valence-corrected chi connectivity index (χ3v) is 6.45. The lowest BCUT2D eigenvalue weighted by Crippen LogP contribution is -2.14. The zero-order valence-corrected chi connectivity index (χ0v) is 17.0. The van der Waals surface area contributed by atoms with Gasteiger partial charge in [0.15, 0.2) is 10.0 Å². The number of aliphatic hydroxyl groups is 1. The summed E-state index contributed by atoms with van der Waals surface area (Å²) >= 11 is 2.82. The van der Waals surface area contributed by atoms with E-state index in [9.17, 15) is 14.7 Å². The Balaban J connectivity index is 1.80. The van der Waals surface area contributed by atoms with Gasteiger partial charge in [-0.2, -0.15) is 0 Å². The van der Waals surface area contributed by atoms with Crippen LogP contribution in [0.1, 0.15) is 55.9 Å². The van der Waals surface area contributed by atoms with E-state index < -0.39 is 12.1 Å². The summed E-state index contributed by atoms with van der Waals surface area (Å²) in [5.74, 6) is 5.99. The standard InChI is InChI=1S/C20H25NO4S2/c1-2-3-4-7-15(22)8-5-6-14-9-10-18(23)16(14)11-12-26-20-21-17(13-27-20)19(24)25/h5-6,13-16,22H,2-3,8-12H2,1H3,(H,24,25)/b6-5+/t14-,15-,16+/m0/s1. The van der Waals surface area contributed by atoms with Crippen molar-refractivity contribution in [3.8, 4) is 11.8 Å². The molecule has 1 aliphatic rings. The Kier molecular flexibility index (Phi) is 9.05. The smallest absolute Gasteiger partial charge is 0.355 e. The average Bonchev–Trinajstić information content (AvgIpc) is 3.24. The number of Topliss-reactive ketones (excluding diaryl/α,β-unsaturated/α-hetero) is 1. The number of aliphatic hydroxyl groups excluding tert-OH is 1. The van der Waals surface area contributed by atoms with E-state index in [-0.39, 0.29) is 17.5 Å². The molecule has 0 bridgehead atoms. The first-order chi connectivity index (χ1) is 13.0. The Morgan fingerprint density at radius 3 is 3.07 bits per heavy atom. The molecular formula is C20H25NO4S2. The number of carbonyl (C=O) groups is 2. The van der Waals surface area contributed by atoms with E-state index in [0.29, 0.717) is 18.6 Å². The van der Waals surface area contributed by atoms with E-state index in [0.717, 1.165) is 35.8 Å². The number of carbonyl (C=O) groups excluding carboxylic acids is 1. The number of rotatable bonds is 9. The maximum Gasteiger partial charge on any atom is 0.355 e. The van der Waals surface area contributed by atoms with Gasteiger partial charge in [0.1, 0.15) is 11.9 Å². The van der Waals surface area contributed by atoms with Gasteiger partial charge in [-0.1, -0.05) is 36.8 Å². The van der Waals surface area contributed by atoms with E-state index in [4.69, 9.17) is 5.11 Å². The van der Waals surface area contributed by atoms with Crippen LogP contribution in [0, 0.1) is 23.7 Å². The summed E-state index contributed by atoms with van der Waals surface area (Å²) in [4.78, 5) is 27.1. The molecule has 1 fully saturated rings. The molecule has 5 nitrogen and oxygen atoms in total. The summed E-state index contributed by atoms with van der Waals surface area (Å²) in [5.41, 5.74) is 0.0702. The molecule has 7 heteroatoms. The van der Waals surface area contributed by atoms with Gasteiger partial charge in [0, 0.05) is 36.3 Å². The lowest BCUT2D eigenvalue weighted by Gasteiger charge is -2.14. The zero-order chi connectivity index (χ0) is 19.6. The van der Waals surface area contributed by atoms with Gasteiger partial charge in [-0.25, -0.2) is 9.78 Å². The number of allylic oxidation sites excluding steroid dienone is 1. The van der Waals surface area contributed by atoms with Gasteiger partial charge in [0.2, 0.25) is 0 Å². The van der Waals surface area contributed by atoms with Crippen LogP contribution in [0.4, 0.5) is 0 Å². The molecule has 0 saturated heterocycles. The summed E-state index contributed by atoms with van der Waals surface area (Å²) in [5, 5.41) is 20.3. The first-order valence-corrected chi connectivity index (χ1v) is 11.0. The molecule has 0 radical (unpaired) electrons. The van der Waals surface area contributed by atoms with Gasteiger partial charge in [0.25, 0.3) is 0 Å². The number of thioether (sulfide) groups is 1. The molecule has 2 rings (SSSR count). The van der Waals surface area contributed by atoms with E-state index >= 15 is 0 Å². The number of ketones is 1. The van der Waals surface area contributed by atoms with Gasteiger partial charge >= 0.3 is 5.97 Å². The molecular weight excluding hydrogens is 382 g/mol. The van der Waals surface area contributed by atoms with Gasteiger partial charge < -0.3 is 10.2 Å². The minimum absolute atomic E-state index is 0.00373. The SMILES string of the molecule is CCCC#C[C@H](O)C/C=C/[C@H]1CCC(=O)[C@@H]1CCSc1nc(C(=O)O)cs1. The number of hydrogen-bond acceptors (Lipinski definition) is 6. The lowest BCUT2D eigenvalue weighted by molar-refractivity contribution is -0.121. The molecule has 1 saturated carbocycles. The lowest BCUT2D eigenvalue weighted by atomic mass is 9.92. The van der Waals surface area contributed by atoms with Gasteiger partial charge in [-0.3, -0.25) is 4.79 Å². The number of nitrogens with zero attached hydrogens (tertiary/aromatic N) is 1. The number of unbranched alkanes of at least 4 members (excludes halogenated alkanes) is 1. The summed E-state index contributed by atoms with van der Waals surface area (Å²) in [7, 11) is 0. The molecule has 1 aliphatic carbocycles. The van der Waals surface area contributed by atoms with Crippen molar-refractivity contribution in [2.75, 3.05) is 5.75 Å². The Bertz CT molecular complexity index is 732. The van der Waals surface area contributed by atoms with Crippen molar-refractivity contribution in [2.24, 2.45) is 11.8 Å². The number of aromatic carboxylic acids is 1. The Morgan fingerprint density at radius 1 is 1.56 bits per heavy atom. The monoisotopic (exact) mass is 407 g/mol. The van der Waals surface area contributed by atoms with Crippen LogP contribution in [-0.4, -0.2) is 38.8 Å². The second-order valence-electron chi connectivity index (χ2n) is 6.47. The molecule has 0 spiro atoms. The molecule has 1 aromatic rings. The van der Waals surface area contributed by atoms with Crippen LogP contribution in [0.2, 0.25) is 0 Å². The Morgan fingerprint density at radius 2 is 2.37 bits per heavy atom. The number of hydrogen-bond donors (Lipinski definition) is 2. The second-order valence-corrected chi connectivity index (χ2v) is 8.67. The molecule has 0 amide bonds. The third-order valence-electron chi connectivity index (χ3n) is 4.40. The van der Waals surface area contributed by atoms with Gasteiger partial charge in [0.05, 0.1) is 0 Å². The Labute approximate surface area is 168 Å². The van der Waals surface area contributed by atoms with Crippen LogP contribution in [0.5, 0.6) is 0 Å². The van der Waals surface area contributed by atoms with Crippen molar-refractivity contribution in [1.29, 1.82) is 0 Å². The van der Waals surface area contributed by atoms with Gasteiger partial charge in [-0.05, 0) is 25.2 Å². The summed E-state index contributed by atoms with van der Waals surface area (Å²) in [6, 6.07) is 0. The maximum absolute atomic E-state index is 12.2. The summed E-state index contributed by atoms with van der Waals surface area (Å²) in [6.45, 7) is 2.05. The summed E-state index contributed by atoms with van der Waals surface area (Å²) < 4.78 is 0.721. The number of carboxylic acids is 1. The van der Waals surface area contributed by atoms with Gasteiger partial charge in [-0.15, -0.1) is 17.3 Å². The molecule has 27 heavy (non-hydrogen) atoms. The fraction of sp³-hybridized carbons (Fsp3) is 0.550. The van der Waals surface area contributed by atoms with Crippen molar-refractivity contribution >= 4 is 34.9 Å². The molecule has 1 heterocycles. The topological polar surface area (TPSA) is 87.5 Å². The van der Waals surface area contributed by atoms with Crippen LogP contribution >= 0.6 is 23.1 Å². The van der Waals surface area contributed by atoms with Crippen LogP contribution in [-0.2, 0) is 4.79 Å².